The molecule has 1 amide bonds. The summed E-state index contributed by atoms with van der Waals surface area (Å²) in [6.07, 6.45) is 5.06. The van der Waals surface area contributed by atoms with E-state index in [1.54, 1.807) is 6.20 Å². The van der Waals surface area contributed by atoms with E-state index >= 15 is 0 Å². The number of hydrogen-bond acceptors (Lipinski definition) is 4. The van der Waals surface area contributed by atoms with Crippen LogP contribution in [0.25, 0.3) is 0 Å². The minimum Gasteiger partial charge on any atom is -0.473 e. The van der Waals surface area contributed by atoms with Crippen molar-refractivity contribution in [1.29, 1.82) is 0 Å². The van der Waals surface area contributed by atoms with E-state index in [2.05, 4.69) is 10.2 Å². The second kappa shape index (κ2) is 6.33. The normalized spacial score (nSPS) is 16.6. The van der Waals surface area contributed by atoms with Gasteiger partial charge in [-0.2, -0.15) is 5.10 Å². The Labute approximate surface area is 107 Å². The Morgan fingerprint density at radius 2 is 2.28 bits per heavy atom. The van der Waals surface area contributed by atoms with Gasteiger partial charge in [-0.1, -0.05) is 6.92 Å². The van der Waals surface area contributed by atoms with Crippen molar-refractivity contribution in [3.05, 3.63) is 18.3 Å². The van der Waals surface area contributed by atoms with Gasteiger partial charge in [0, 0.05) is 44.6 Å². The summed E-state index contributed by atoms with van der Waals surface area (Å²) >= 11 is 0. The third kappa shape index (κ3) is 3.42. The Morgan fingerprint density at radius 3 is 2.89 bits per heavy atom. The molecule has 5 heteroatoms. The fourth-order valence-corrected chi connectivity index (χ4v) is 2.12. The summed E-state index contributed by atoms with van der Waals surface area (Å²) in [5, 5.41) is 7.68. The van der Waals surface area contributed by atoms with Gasteiger partial charge < -0.3 is 9.64 Å². The predicted octanol–water partition coefficient (Wildman–Crippen LogP) is 1.65. The Bertz CT molecular complexity index is 375. The van der Waals surface area contributed by atoms with Crippen LogP contribution in [-0.2, 0) is 4.79 Å². The topological polar surface area (TPSA) is 55.3 Å². The summed E-state index contributed by atoms with van der Waals surface area (Å²) in [4.78, 5) is 13.7. The van der Waals surface area contributed by atoms with Gasteiger partial charge in [0.2, 0.25) is 11.8 Å². The lowest BCUT2D eigenvalue weighted by molar-refractivity contribution is -0.133. The van der Waals surface area contributed by atoms with Crippen LogP contribution < -0.4 is 4.74 Å². The van der Waals surface area contributed by atoms with Crippen LogP contribution in [0.1, 0.15) is 32.6 Å². The smallest absolute Gasteiger partial charge is 0.233 e. The first-order valence-electron chi connectivity index (χ1n) is 6.51. The number of hydrogen-bond donors (Lipinski definition) is 0. The van der Waals surface area contributed by atoms with Gasteiger partial charge in [0.05, 0.1) is 0 Å². The Morgan fingerprint density at radius 1 is 1.50 bits per heavy atom. The second-order valence-electron chi connectivity index (χ2n) is 4.51. The highest BCUT2D eigenvalue weighted by atomic mass is 16.5. The van der Waals surface area contributed by atoms with Crippen LogP contribution in [0.15, 0.2) is 18.3 Å². The highest BCUT2D eigenvalue weighted by Crippen LogP contribution is 2.17. The first-order valence-corrected chi connectivity index (χ1v) is 6.51. The van der Waals surface area contributed by atoms with Crippen molar-refractivity contribution >= 4 is 5.91 Å². The van der Waals surface area contributed by atoms with Crippen molar-refractivity contribution in [2.24, 2.45) is 0 Å². The van der Waals surface area contributed by atoms with Crippen LogP contribution in [-0.4, -0.2) is 40.2 Å². The van der Waals surface area contributed by atoms with Crippen LogP contribution in [0.2, 0.25) is 0 Å². The Balaban J connectivity index is 1.78. The zero-order valence-electron chi connectivity index (χ0n) is 10.7. The average Bonchev–Trinajstić information content (AvgIpc) is 2.41. The van der Waals surface area contributed by atoms with Gasteiger partial charge >= 0.3 is 0 Å². The van der Waals surface area contributed by atoms with Crippen molar-refractivity contribution < 1.29 is 9.53 Å². The minimum absolute atomic E-state index is 0.146. The molecule has 1 aliphatic rings. The molecule has 0 radical (unpaired) electrons. The van der Waals surface area contributed by atoms with Crippen LogP contribution >= 0.6 is 0 Å². The highest BCUT2D eigenvalue weighted by Gasteiger charge is 2.23. The van der Waals surface area contributed by atoms with Crippen molar-refractivity contribution in [2.45, 2.75) is 38.7 Å². The maximum Gasteiger partial charge on any atom is 0.233 e. The van der Waals surface area contributed by atoms with E-state index in [1.165, 1.54) is 0 Å². The third-order valence-corrected chi connectivity index (χ3v) is 3.09. The molecule has 18 heavy (non-hydrogen) atoms. The molecule has 0 aliphatic carbocycles. The molecular weight excluding hydrogens is 230 g/mol. The van der Waals surface area contributed by atoms with Gasteiger partial charge in [0.1, 0.15) is 6.10 Å². The van der Waals surface area contributed by atoms with E-state index in [0.29, 0.717) is 12.3 Å². The summed E-state index contributed by atoms with van der Waals surface area (Å²) in [5.41, 5.74) is 0. The van der Waals surface area contributed by atoms with Crippen LogP contribution in [0.3, 0.4) is 0 Å². The van der Waals surface area contributed by atoms with E-state index in [9.17, 15) is 4.79 Å². The van der Waals surface area contributed by atoms with E-state index in [0.717, 1.165) is 32.4 Å². The van der Waals surface area contributed by atoms with E-state index in [1.807, 2.05) is 24.0 Å². The van der Waals surface area contributed by atoms with Crippen molar-refractivity contribution in [3.63, 3.8) is 0 Å². The van der Waals surface area contributed by atoms with Gasteiger partial charge in [-0.15, -0.1) is 5.10 Å². The number of carbonyl (C=O) groups excluding carboxylic acids is 1. The quantitative estimate of drug-likeness (QED) is 0.814. The zero-order valence-corrected chi connectivity index (χ0v) is 10.7. The molecule has 1 saturated heterocycles. The molecule has 0 aromatic carbocycles. The number of rotatable bonds is 4. The predicted molar refractivity (Wildman–Crippen MR) is 67.2 cm³/mol. The van der Waals surface area contributed by atoms with Crippen LogP contribution in [0.5, 0.6) is 5.88 Å². The standard InChI is InChI=1S/C13H19N3O2/c1-2-4-13(17)16-9-6-11(7-10-16)18-12-5-3-8-14-15-12/h3,5,8,11H,2,4,6-7,9-10H2,1H3. The lowest BCUT2D eigenvalue weighted by Crippen LogP contribution is -2.41. The summed E-state index contributed by atoms with van der Waals surface area (Å²) in [6.45, 7) is 3.59. The van der Waals surface area contributed by atoms with Gasteiger partial charge in [0.25, 0.3) is 0 Å². The number of ether oxygens (including phenoxy) is 1. The minimum atomic E-state index is 0.146. The van der Waals surface area contributed by atoms with Gasteiger partial charge in [-0.25, -0.2) is 0 Å². The number of piperidine rings is 1. The molecule has 0 atom stereocenters. The number of aromatic nitrogens is 2. The molecule has 5 nitrogen and oxygen atoms in total. The SMILES string of the molecule is CCCC(=O)N1CCC(Oc2cccnn2)CC1. The molecule has 0 N–H and O–H groups in total. The summed E-state index contributed by atoms with van der Waals surface area (Å²) in [7, 11) is 0. The molecular formula is C13H19N3O2. The zero-order chi connectivity index (χ0) is 12.8. The van der Waals surface area contributed by atoms with Crippen LogP contribution in [0, 0.1) is 0 Å². The van der Waals surface area contributed by atoms with E-state index in [-0.39, 0.29) is 12.0 Å². The molecule has 1 aromatic rings. The molecule has 1 aromatic heterocycles. The van der Waals surface area contributed by atoms with E-state index < -0.39 is 0 Å². The number of likely N-dealkylation sites (tertiary alicyclic amines) is 1. The number of carbonyl (C=O) groups is 1. The second-order valence-corrected chi connectivity index (χ2v) is 4.51. The molecule has 0 bridgehead atoms. The fraction of sp³-hybridized carbons (Fsp3) is 0.615. The van der Waals surface area contributed by atoms with Crippen molar-refractivity contribution in [1.82, 2.24) is 15.1 Å². The maximum atomic E-state index is 11.7. The number of nitrogens with zero attached hydrogens (tertiary/aromatic N) is 3. The van der Waals surface area contributed by atoms with Crippen LogP contribution in [0.4, 0.5) is 0 Å². The van der Waals surface area contributed by atoms with Crippen molar-refractivity contribution in [3.8, 4) is 5.88 Å². The molecule has 1 aliphatic heterocycles. The first-order chi connectivity index (χ1) is 8.79. The molecule has 0 spiro atoms. The molecule has 0 unspecified atom stereocenters. The van der Waals surface area contributed by atoms with Gasteiger partial charge in [-0.3, -0.25) is 4.79 Å². The van der Waals surface area contributed by atoms with Gasteiger partial charge in [-0.05, 0) is 12.5 Å². The highest BCUT2D eigenvalue weighted by molar-refractivity contribution is 5.76. The largest absolute Gasteiger partial charge is 0.473 e. The lowest BCUT2D eigenvalue weighted by Gasteiger charge is -2.31. The van der Waals surface area contributed by atoms with Gasteiger partial charge in [0.15, 0.2) is 0 Å². The van der Waals surface area contributed by atoms with E-state index in [4.69, 9.17) is 4.74 Å². The Kier molecular flexibility index (Phi) is 4.50. The summed E-state index contributed by atoms with van der Waals surface area (Å²) in [6, 6.07) is 3.61. The number of amides is 1. The monoisotopic (exact) mass is 249 g/mol. The maximum absolute atomic E-state index is 11.7. The lowest BCUT2D eigenvalue weighted by atomic mass is 10.1. The Hall–Kier alpha value is -1.65. The average molecular weight is 249 g/mol. The molecule has 0 saturated carbocycles. The molecule has 98 valence electrons. The summed E-state index contributed by atoms with van der Waals surface area (Å²) < 4.78 is 5.73. The molecule has 2 rings (SSSR count). The fourth-order valence-electron chi connectivity index (χ4n) is 2.12. The van der Waals surface area contributed by atoms with Crippen molar-refractivity contribution in [2.75, 3.05) is 13.1 Å². The molecule has 2 heterocycles. The molecule has 1 fully saturated rings. The summed E-state index contributed by atoms with van der Waals surface area (Å²) in [5.74, 6) is 0.825. The third-order valence-electron chi connectivity index (χ3n) is 3.09. The first kappa shape index (κ1) is 12.8.